The minimum Gasteiger partial charge on any atom is -0.349 e. The Morgan fingerprint density at radius 1 is 0.964 bits per heavy atom. The van der Waals surface area contributed by atoms with Crippen molar-refractivity contribution < 1.29 is 22.8 Å². The molecule has 1 aliphatic heterocycles. The maximum absolute atomic E-state index is 13.8. The molecule has 1 heterocycles. The van der Waals surface area contributed by atoms with Gasteiger partial charge in [0.2, 0.25) is 0 Å². The van der Waals surface area contributed by atoms with Crippen LogP contribution in [0.1, 0.15) is 33.6 Å². The van der Waals surface area contributed by atoms with Crippen molar-refractivity contribution in [2.45, 2.75) is 18.9 Å². The molecule has 2 aromatic rings. The van der Waals surface area contributed by atoms with Gasteiger partial charge in [-0.25, -0.2) is 13.2 Å². The number of piperidine rings is 1. The number of likely N-dealkylation sites (tertiary alicyclic amines) is 1. The number of halogens is 5. The van der Waals surface area contributed by atoms with Crippen LogP contribution in [-0.4, -0.2) is 35.8 Å². The lowest BCUT2D eigenvalue weighted by Gasteiger charge is -2.32. The number of benzene rings is 2. The van der Waals surface area contributed by atoms with Gasteiger partial charge in [-0.1, -0.05) is 23.2 Å². The van der Waals surface area contributed by atoms with Gasteiger partial charge in [-0.15, -0.1) is 0 Å². The molecule has 0 aliphatic carbocycles. The highest BCUT2D eigenvalue weighted by molar-refractivity contribution is 6.36. The van der Waals surface area contributed by atoms with Crippen molar-refractivity contribution in [1.82, 2.24) is 10.2 Å². The van der Waals surface area contributed by atoms with Crippen molar-refractivity contribution >= 4 is 35.0 Å². The van der Waals surface area contributed by atoms with Crippen LogP contribution in [0.25, 0.3) is 0 Å². The third-order valence-corrected chi connectivity index (χ3v) is 5.11. The first kappa shape index (κ1) is 20.5. The molecule has 0 bridgehead atoms. The summed E-state index contributed by atoms with van der Waals surface area (Å²) in [6.07, 6.45) is 0.849. The number of nitrogens with zero attached hydrogens (tertiary/aromatic N) is 1. The van der Waals surface area contributed by atoms with Gasteiger partial charge in [0.05, 0.1) is 16.1 Å². The quantitative estimate of drug-likeness (QED) is 0.731. The second-order valence-corrected chi connectivity index (χ2v) is 7.23. The molecular formula is C19H15Cl2F3N2O2. The minimum absolute atomic E-state index is 0.210. The zero-order chi connectivity index (χ0) is 20.4. The molecule has 2 aromatic carbocycles. The molecule has 4 nitrogen and oxygen atoms in total. The van der Waals surface area contributed by atoms with E-state index in [2.05, 4.69) is 5.32 Å². The van der Waals surface area contributed by atoms with Gasteiger partial charge in [0.1, 0.15) is 0 Å². The molecule has 1 aliphatic rings. The fourth-order valence-electron chi connectivity index (χ4n) is 3.03. The van der Waals surface area contributed by atoms with Crippen LogP contribution in [0.5, 0.6) is 0 Å². The minimum atomic E-state index is -1.67. The van der Waals surface area contributed by atoms with E-state index >= 15 is 0 Å². The second-order valence-electron chi connectivity index (χ2n) is 6.39. The van der Waals surface area contributed by atoms with E-state index in [1.165, 1.54) is 17.0 Å². The van der Waals surface area contributed by atoms with Crippen LogP contribution in [0.4, 0.5) is 13.2 Å². The van der Waals surface area contributed by atoms with E-state index in [1.54, 1.807) is 6.07 Å². The van der Waals surface area contributed by atoms with Gasteiger partial charge in [-0.2, -0.15) is 0 Å². The van der Waals surface area contributed by atoms with Crippen LogP contribution in [0.3, 0.4) is 0 Å². The van der Waals surface area contributed by atoms with Gasteiger partial charge in [0.25, 0.3) is 11.8 Å². The van der Waals surface area contributed by atoms with Gasteiger partial charge < -0.3 is 10.2 Å². The lowest BCUT2D eigenvalue weighted by molar-refractivity contribution is 0.0692. The van der Waals surface area contributed by atoms with E-state index in [4.69, 9.17) is 23.2 Å². The average Bonchev–Trinajstić information content (AvgIpc) is 2.66. The molecular weight excluding hydrogens is 416 g/mol. The highest BCUT2D eigenvalue weighted by Gasteiger charge is 2.28. The van der Waals surface area contributed by atoms with Crippen LogP contribution in [0.2, 0.25) is 10.0 Å². The Morgan fingerprint density at radius 3 is 2.25 bits per heavy atom. The second kappa shape index (κ2) is 8.41. The first-order valence-corrected chi connectivity index (χ1v) is 9.22. The van der Waals surface area contributed by atoms with Crippen molar-refractivity contribution in [2.24, 2.45) is 0 Å². The highest BCUT2D eigenvalue weighted by Crippen LogP contribution is 2.22. The Labute approximate surface area is 169 Å². The molecule has 0 aromatic heterocycles. The van der Waals surface area contributed by atoms with Crippen LogP contribution in [0.15, 0.2) is 30.3 Å². The zero-order valence-corrected chi connectivity index (χ0v) is 16.0. The molecule has 28 heavy (non-hydrogen) atoms. The molecule has 0 spiro atoms. The first-order chi connectivity index (χ1) is 13.3. The smallest absolute Gasteiger partial charge is 0.256 e. The Bertz CT molecular complexity index is 932. The Balaban J connectivity index is 1.61. The molecule has 1 fully saturated rings. The van der Waals surface area contributed by atoms with E-state index < -0.39 is 28.9 Å². The van der Waals surface area contributed by atoms with Crippen molar-refractivity contribution in [1.29, 1.82) is 0 Å². The summed E-state index contributed by atoms with van der Waals surface area (Å²) in [6.45, 7) is 0.465. The SMILES string of the molecule is O=C(NC1CCN(C(=O)c2ccc(F)c(F)c2F)CC1)c1ccc(Cl)cc1Cl. The Hall–Kier alpha value is -2.25. The summed E-state index contributed by atoms with van der Waals surface area (Å²) in [5.41, 5.74) is -0.234. The maximum Gasteiger partial charge on any atom is 0.256 e. The van der Waals surface area contributed by atoms with E-state index in [0.717, 1.165) is 6.07 Å². The molecule has 2 amide bonds. The van der Waals surface area contributed by atoms with Gasteiger partial charge >= 0.3 is 0 Å². The molecule has 0 atom stereocenters. The molecule has 0 radical (unpaired) electrons. The predicted molar refractivity (Wildman–Crippen MR) is 99.2 cm³/mol. The molecule has 0 unspecified atom stereocenters. The number of hydrogen-bond donors (Lipinski definition) is 1. The van der Waals surface area contributed by atoms with Crippen LogP contribution in [0, 0.1) is 17.5 Å². The van der Waals surface area contributed by atoms with Gasteiger partial charge in [0.15, 0.2) is 17.5 Å². The molecule has 1 N–H and O–H groups in total. The average molecular weight is 431 g/mol. The molecule has 148 valence electrons. The van der Waals surface area contributed by atoms with Crippen LogP contribution < -0.4 is 5.32 Å². The number of carbonyl (C=O) groups excluding carboxylic acids is 2. The summed E-state index contributed by atoms with van der Waals surface area (Å²) in [4.78, 5) is 26.1. The third-order valence-electron chi connectivity index (χ3n) is 4.56. The summed E-state index contributed by atoms with van der Waals surface area (Å²) >= 11 is 11.8. The fourth-order valence-corrected chi connectivity index (χ4v) is 3.52. The lowest BCUT2D eigenvalue weighted by Crippen LogP contribution is -2.46. The number of hydrogen-bond acceptors (Lipinski definition) is 2. The fraction of sp³-hybridized carbons (Fsp3) is 0.263. The maximum atomic E-state index is 13.8. The molecule has 1 saturated heterocycles. The summed E-state index contributed by atoms with van der Waals surface area (Å²) in [5.74, 6) is -5.61. The monoisotopic (exact) mass is 430 g/mol. The Morgan fingerprint density at radius 2 is 1.61 bits per heavy atom. The van der Waals surface area contributed by atoms with Gasteiger partial charge in [-0.3, -0.25) is 9.59 Å². The normalized spacial score (nSPS) is 14.8. The topological polar surface area (TPSA) is 49.4 Å². The first-order valence-electron chi connectivity index (χ1n) is 8.46. The summed E-state index contributed by atoms with van der Waals surface area (Å²) in [6, 6.07) is 5.97. The van der Waals surface area contributed by atoms with Crippen molar-refractivity contribution in [3.05, 3.63) is 69.0 Å². The molecule has 0 saturated carbocycles. The lowest BCUT2D eigenvalue weighted by atomic mass is 10.0. The number of carbonyl (C=O) groups is 2. The van der Waals surface area contributed by atoms with Gasteiger partial charge in [-0.05, 0) is 43.2 Å². The summed E-state index contributed by atoms with van der Waals surface area (Å²) in [5, 5.41) is 3.48. The summed E-state index contributed by atoms with van der Waals surface area (Å²) < 4.78 is 40.2. The predicted octanol–water partition coefficient (Wildman–Crippen LogP) is 4.45. The largest absolute Gasteiger partial charge is 0.349 e. The van der Waals surface area contributed by atoms with E-state index in [-0.39, 0.29) is 35.6 Å². The van der Waals surface area contributed by atoms with E-state index in [1.807, 2.05) is 0 Å². The molecule has 9 heteroatoms. The standard InChI is InChI=1S/C19H15Cl2F3N2O2/c20-10-1-2-12(14(21)9-10)18(27)25-11-5-7-26(8-6-11)19(28)13-3-4-15(22)17(24)16(13)23/h1-4,9,11H,5-8H2,(H,25,27). The van der Waals surface area contributed by atoms with Crippen LogP contribution >= 0.6 is 23.2 Å². The Kier molecular flexibility index (Phi) is 6.15. The highest BCUT2D eigenvalue weighted by atomic mass is 35.5. The summed E-state index contributed by atoms with van der Waals surface area (Å²) in [7, 11) is 0. The number of nitrogens with one attached hydrogen (secondary N) is 1. The van der Waals surface area contributed by atoms with E-state index in [9.17, 15) is 22.8 Å². The van der Waals surface area contributed by atoms with Crippen molar-refractivity contribution in [3.8, 4) is 0 Å². The number of amides is 2. The van der Waals surface area contributed by atoms with Crippen molar-refractivity contribution in [2.75, 3.05) is 13.1 Å². The van der Waals surface area contributed by atoms with Gasteiger partial charge in [0, 0.05) is 24.2 Å². The van der Waals surface area contributed by atoms with Crippen molar-refractivity contribution in [3.63, 3.8) is 0 Å². The molecule has 3 rings (SSSR count). The third kappa shape index (κ3) is 4.25. The van der Waals surface area contributed by atoms with Crippen LogP contribution in [-0.2, 0) is 0 Å². The zero-order valence-electron chi connectivity index (χ0n) is 14.4. The van der Waals surface area contributed by atoms with E-state index in [0.29, 0.717) is 23.9 Å². The number of rotatable bonds is 3.